The van der Waals surface area contributed by atoms with Crippen LogP contribution in [0.1, 0.15) is 0 Å². The molecule has 0 N–H and O–H groups in total. The topological polar surface area (TPSA) is 16.4 Å². The molecule has 0 spiro atoms. The van der Waals surface area contributed by atoms with E-state index in [0.717, 1.165) is 33.8 Å². The number of hydrogen-bond acceptors (Lipinski definition) is 2. The van der Waals surface area contributed by atoms with Gasteiger partial charge in [0, 0.05) is 33.5 Å². The second-order valence-corrected chi connectivity index (χ2v) is 14.5. The first-order valence-corrected chi connectivity index (χ1v) is 18.6. The minimum atomic E-state index is 0.889. The van der Waals surface area contributed by atoms with Gasteiger partial charge < -0.3 is 9.32 Å². The SMILES string of the molecule is c1ccc(-c2ccc(N(c3cc4c5c(c3)oc3ccc6ccc7ccc8cccc-4c8c7c6c35)c3cc4ccccc4cc3-c3ccccc3)cc2)cc1. The lowest BCUT2D eigenvalue weighted by molar-refractivity contribution is 0.669. The van der Waals surface area contributed by atoms with Crippen LogP contribution in [0.3, 0.4) is 0 Å². The van der Waals surface area contributed by atoms with Crippen LogP contribution < -0.4 is 4.90 Å². The minimum Gasteiger partial charge on any atom is -0.456 e. The van der Waals surface area contributed by atoms with E-state index in [0.29, 0.717) is 0 Å². The third-order valence-electron chi connectivity index (χ3n) is 11.5. The van der Waals surface area contributed by atoms with E-state index in [1.165, 1.54) is 81.7 Å². The van der Waals surface area contributed by atoms with E-state index in [4.69, 9.17) is 4.42 Å². The third kappa shape index (κ3) is 4.22. The Morgan fingerprint density at radius 2 is 0.889 bits per heavy atom. The summed E-state index contributed by atoms with van der Waals surface area (Å²) in [5, 5.41) is 12.4. The van der Waals surface area contributed by atoms with Gasteiger partial charge in [0.25, 0.3) is 0 Å². The van der Waals surface area contributed by atoms with Crippen LogP contribution in [-0.2, 0) is 0 Å². The zero-order valence-electron chi connectivity index (χ0n) is 29.3. The van der Waals surface area contributed by atoms with Gasteiger partial charge in [-0.05, 0) is 102 Å². The van der Waals surface area contributed by atoms with Crippen LogP contribution in [0.2, 0.25) is 0 Å². The van der Waals surface area contributed by atoms with Crippen molar-refractivity contribution in [3.05, 3.63) is 188 Å². The molecule has 0 atom stereocenters. The molecular weight excluding hydrogens is 655 g/mol. The van der Waals surface area contributed by atoms with Crippen LogP contribution in [0, 0.1) is 0 Å². The quantitative estimate of drug-likeness (QED) is 0.168. The smallest absolute Gasteiger partial charge is 0.138 e. The maximum atomic E-state index is 6.91. The Hall–Kier alpha value is -7.16. The van der Waals surface area contributed by atoms with E-state index in [9.17, 15) is 0 Å². The molecule has 0 unspecified atom stereocenters. The van der Waals surface area contributed by atoms with Crippen LogP contribution in [0.4, 0.5) is 17.1 Å². The molecule has 0 aliphatic heterocycles. The van der Waals surface area contributed by atoms with Gasteiger partial charge in [-0.15, -0.1) is 0 Å². The minimum absolute atomic E-state index is 0.889. The first-order chi connectivity index (χ1) is 26.8. The van der Waals surface area contributed by atoms with Crippen molar-refractivity contribution >= 4 is 82.1 Å². The Morgan fingerprint density at radius 3 is 1.63 bits per heavy atom. The Kier molecular flexibility index (Phi) is 6.09. The maximum absolute atomic E-state index is 6.91. The molecule has 2 nitrogen and oxygen atoms in total. The highest BCUT2D eigenvalue weighted by molar-refractivity contribution is 6.37. The summed E-state index contributed by atoms with van der Waals surface area (Å²) in [6.07, 6.45) is 0. The highest BCUT2D eigenvalue weighted by Gasteiger charge is 2.26. The molecule has 0 radical (unpaired) electrons. The van der Waals surface area contributed by atoms with Gasteiger partial charge in [-0.25, -0.2) is 0 Å². The van der Waals surface area contributed by atoms with Crippen molar-refractivity contribution in [2.45, 2.75) is 0 Å². The summed E-state index contributed by atoms with van der Waals surface area (Å²) in [6, 6.07) is 68.6. The average molecular weight is 686 g/mol. The molecule has 0 fully saturated rings. The van der Waals surface area contributed by atoms with Crippen molar-refractivity contribution in [1.29, 1.82) is 0 Å². The molecule has 11 aromatic rings. The zero-order chi connectivity index (χ0) is 35.3. The van der Waals surface area contributed by atoms with Crippen molar-refractivity contribution in [2.75, 3.05) is 4.90 Å². The molecule has 1 aromatic heterocycles. The normalized spacial score (nSPS) is 12.1. The predicted molar refractivity (Wildman–Crippen MR) is 228 cm³/mol. The largest absolute Gasteiger partial charge is 0.456 e. The molecule has 0 amide bonds. The summed E-state index contributed by atoms with van der Waals surface area (Å²) in [4.78, 5) is 2.43. The molecular formula is C52H31NO. The number of benzene rings is 10. The number of furan rings is 1. The maximum Gasteiger partial charge on any atom is 0.138 e. The predicted octanol–water partition coefficient (Wildman–Crippen LogP) is 15.0. The first kappa shape index (κ1) is 29.4. The van der Waals surface area contributed by atoms with Gasteiger partial charge in [-0.1, -0.05) is 146 Å². The summed E-state index contributed by atoms with van der Waals surface area (Å²) >= 11 is 0. The van der Waals surface area contributed by atoms with Crippen LogP contribution in [-0.4, -0.2) is 0 Å². The highest BCUT2D eigenvalue weighted by atomic mass is 16.3. The molecule has 10 aromatic carbocycles. The third-order valence-corrected chi connectivity index (χ3v) is 11.5. The summed E-state index contributed by atoms with van der Waals surface area (Å²) in [5.74, 6) is 0. The van der Waals surface area contributed by atoms with Gasteiger partial charge in [0.05, 0.1) is 11.4 Å². The fourth-order valence-corrected chi connectivity index (χ4v) is 9.07. The van der Waals surface area contributed by atoms with Gasteiger partial charge in [-0.2, -0.15) is 0 Å². The zero-order valence-corrected chi connectivity index (χ0v) is 29.3. The molecule has 0 saturated carbocycles. The van der Waals surface area contributed by atoms with Crippen molar-refractivity contribution in [1.82, 2.24) is 0 Å². The summed E-state index contributed by atoms with van der Waals surface area (Å²) in [6.45, 7) is 0. The molecule has 2 heteroatoms. The molecule has 1 aliphatic carbocycles. The fourth-order valence-electron chi connectivity index (χ4n) is 9.07. The van der Waals surface area contributed by atoms with E-state index in [1.54, 1.807) is 0 Å². The van der Waals surface area contributed by atoms with Gasteiger partial charge >= 0.3 is 0 Å². The van der Waals surface area contributed by atoms with Crippen molar-refractivity contribution in [2.24, 2.45) is 0 Å². The average Bonchev–Trinajstić information content (AvgIpc) is 3.56. The molecule has 1 aliphatic rings. The van der Waals surface area contributed by atoms with Crippen molar-refractivity contribution in [3.63, 3.8) is 0 Å². The van der Waals surface area contributed by atoms with Gasteiger partial charge in [0.2, 0.25) is 0 Å². The molecule has 0 saturated heterocycles. The van der Waals surface area contributed by atoms with E-state index < -0.39 is 0 Å². The number of fused-ring (bicyclic) bond motifs is 2. The summed E-state index contributed by atoms with van der Waals surface area (Å²) in [7, 11) is 0. The number of nitrogens with zero attached hydrogens (tertiary/aromatic N) is 1. The molecule has 250 valence electrons. The lowest BCUT2D eigenvalue weighted by Crippen LogP contribution is -2.11. The Balaban J connectivity index is 1.20. The second kappa shape index (κ2) is 11.2. The summed E-state index contributed by atoms with van der Waals surface area (Å²) in [5.41, 5.74) is 12.2. The highest BCUT2D eigenvalue weighted by Crippen LogP contribution is 2.52. The number of rotatable bonds is 5. The van der Waals surface area contributed by atoms with Crippen LogP contribution in [0.15, 0.2) is 192 Å². The monoisotopic (exact) mass is 685 g/mol. The van der Waals surface area contributed by atoms with Gasteiger partial charge in [-0.3, -0.25) is 0 Å². The lowest BCUT2D eigenvalue weighted by Gasteiger charge is -2.29. The van der Waals surface area contributed by atoms with Crippen LogP contribution in [0.25, 0.3) is 98.4 Å². The Morgan fingerprint density at radius 1 is 0.296 bits per heavy atom. The van der Waals surface area contributed by atoms with Crippen LogP contribution in [0.5, 0.6) is 0 Å². The van der Waals surface area contributed by atoms with E-state index in [-0.39, 0.29) is 0 Å². The molecule has 12 rings (SSSR count). The standard InChI is InChI=1S/C52H31NO/c1-3-10-32(11-4-1)33-22-25-40(26-23-33)53(45-29-39-15-8-7-14-38(39)28-43(45)34-12-5-2-6-13-34)41-30-44-42-17-9-16-35-18-19-36-20-21-37-24-27-46-52(50(37)49(36)48(35)42)51(44)47(31-41)54-46/h1-31H. The Bertz CT molecular complexity index is 3300. The molecule has 0 bridgehead atoms. The van der Waals surface area contributed by atoms with E-state index in [1.807, 2.05) is 0 Å². The van der Waals surface area contributed by atoms with Gasteiger partial charge in [0.15, 0.2) is 0 Å². The van der Waals surface area contributed by atoms with E-state index in [2.05, 4.69) is 193 Å². The van der Waals surface area contributed by atoms with E-state index >= 15 is 0 Å². The molecule has 1 heterocycles. The van der Waals surface area contributed by atoms with Gasteiger partial charge in [0.1, 0.15) is 11.2 Å². The fraction of sp³-hybridized carbons (Fsp3) is 0. The van der Waals surface area contributed by atoms with Crippen molar-refractivity contribution < 1.29 is 4.42 Å². The lowest BCUT2D eigenvalue weighted by atomic mass is 9.92. The second-order valence-electron chi connectivity index (χ2n) is 14.5. The van der Waals surface area contributed by atoms with Crippen LogP contribution >= 0.6 is 0 Å². The number of anilines is 3. The Labute approximate surface area is 311 Å². The summed E-state index contributed by atoms with van der Waals surface area (Å²) < 4.78 is 6.91. The molecule has 54 heavy (non-hydrogen) atoms. The number of hydrogen-bond donors (Lipinski definition) is 0. The van der Waals surface area contributed by atoms with Crippen molar-refractivity contribution in [3.8, 4) is 33.4 Å². The first-order valence-electron chi connectivity index (χ1n) is 18.6.